The van der Waals surface area contributed by atoms with Crippen molar-refractivity contribution >= 4 is 157 Å². The summed E-state index contributed by atoms with van der Waals surface area (Å²) < 4.78 is 16.3. The van der Waals surface area contributed by atoms with E-state index in [9.17, 15) is 0 Å². The molecule has 0 saturated carbocycles. The molecule has 4 aromatic heterocycles. The molecule has 0 spiro atoms. The molecule has 0 fully saturated rings. The van der Waals surface area contributed by atoms with Gasteiger partial charge in [-0.1, -0.05) is 0 Å². The van der Waals surface area contributed by atoms with Gasteiger partial charge in [0.25, 0.3) is 0 Å². The van der Waals surface area contributed by atoms with Crippen molar-refractivity contribution in [3.8, 4) is 44.5 Å². The summed E-state index contributed by atoms with van der Waals surface area (Å²) in [6.45, 7) is 0. The van der Waals surface area contributed by atoms with Crippen LogP contribution in [0.3, 0.4) is 0 Å². The van der Waals surface area contributed by atoms with Crippen molar-refractivity contribution in [3.63, 3.8) is 0 Å². The summed E-state index contributed by atoms with van der Waals surface area (Å²) in [4.78, 5) is 0. The molecule has 0 aliphatic rings. The number of thiophene rings is 4. The van der Waals surface area contributed by atoms with Gasteiger partial charge in [0.05, 0.1) is 0 Å². The van der Waals surface area contributed by atoms with Crippen molar-refractivity contribution in [2.24, 2.45) is 0 Å². The summed E-state index contributed by atoms with van der Waals surface area (Å²) in [6.07, 6.45) is 0. The van der Waals surface area contributed by atoms with Gasteiger partial charge in [0.15, 0.2) is 0 Å². The Balaban J connectivity index is 0.914. The first-order valence-corrected chi connectivity index (χ1v) is 33.7. The molecule has 77 heavy (non-hydrogen) atoms. The van der Waals surface area contributed by atoms with E-state index in [1.54, 1.807) is 0 Å². The third kappa shape index (κ3) is 7.13. The zero-order valence-corrected chi connectivity index (χ0v) is 46.9. The van der Waals surface area contributed by atoms with Gasteiger partial charge in [-0.2, -0.15) is 0 Å². The molecule has 0 atom stereocenters. The molecule has 5 heteroatoms. The predicted octanol–water partition coefficient (Wildman–Crippen LogP) is 19.2. The molecule has 360 valence electrons. The topological polar surface area (TPSA) is 0 Å². The van der Waals surface area contributed by atoms with Crippen LogP contribution in [0.2, 0.25) is 0 Å². The molecule has 0 bridgehead atoms. The van der Waals surface area contributed by atoms with Crippen LogP contribution in [0.25, 0.3) is 125 Å². The summed E-state index contributed by atoms with van der Waals surface area (Å²) in [6, 6.07) is 102. The Morgan fingerprint density at radius 1 is 0.182 bits per heavy atom. The normalized spacial score (nSPS) is 12.2. The van der Waals surface area contributed by atoms with Gasteiger partial charge in [-0.3, -0.25) is 0 Å². The van der Waals surface area contributed by atoms with Gasteiger partial charge < -0.3 is 0 Å². The van der Waals surface area contributed by atoms with Crippen LogP contribution in [0.4, 0.5) is 0 Å². The van der Waals surface area contributed by atoms with Gasteiger partial charge in [0.1, 0.15) is 0 Å². The van der Waals surface area contributed by atoms with E-state index in [2.05, 4.69) is 267 Å². The van der Waals surface area contributed by atoms with Crippen molar-refractivity contribution in [3.05, 3.63) is 267 Å². The molecular formula is C72H44GeS4. The van der Waals surface area contributed by atoms with Crippen molar-refractivity contribution in [1.82, 2.24) is 0 Å². The molecule has 0 aliphatic heterocycles. The second-order valence-corrected chi connectivity index (χ2v) is 32.4. The Bertz CT molecular complexity index is 4320. The fourth-order valence-electron chi connectivity index (χ4n) is 12.5. The van der Waals surface area contributed by atoms with E-state index >= 15 is 0 Å². The number of fused-ring (bicyclic) bond motifs is 12. The molecule has 16 rings (SSSR count). The van der Waals surface area contributed by atoms with Crippen molar-refractivity contribution < 1.29 is 0 Å². The second-order valence-electron chi connectivity index (χ2n) is 20.2. The summed E-state index contributed by atoms with van der Waals surface area (Å²) in [5.74, 6) is 0. The molecule has 0 N–H and O–H groups in total. The molecule has 0 unspecified atom stereocenters. The second kappa shape index (κ2) is 18.1. The average molecular weight is 1110 g/mol. The van der Waals surface area contributed by atoms with E-state index in [0.29, 0.717) is 0 Å². The summed E-state index contributed by atoms with van der Waals surface area (Å²) in [7, 11) is 0. The molecule has 16 aromatic rings. The van der Waals surface area contributed by atoms with Crippen LogP contribution in [0.15, 0.2) is 267 Å². The molecular weight excluding hydrogens is 1070 g/mol. The maximum absolute atomic E-state index is 3.94. The fraction of sp³-hybridized carbons (Fsp3) is 0. The van der Waals surface area contributed by atoms with Crippen LogP contribution in [0.5, 0.6) is 0 Å². The van der Waals surface area contributed by atoms with Crippen LogP contribution in [-0.4, -0.2) is 13.3 Å². The van der Waals surface area contributed by atoms with Crippen LogP contribution in [0, 0.1) is 0 Å². The van der Waals surface area contributed by atoms with Gasteiger partial charge in [-0.25, -0.2) is 0 Å². The van der Waals surface area contributed by atoms with Gasteiger partial charge in [-0.15, -0.1) is 0 Å². The molecule has 0 aliphatic carbocycles. The van der Waals surface area contributed by atoms with Gasteiger partial charge in [-0.05, 0) is 0 Å². The number of rotatable bonds is 8. The zero-order valence-electron chi connectivity index (χ0n) is 41.5. The molecule has 12 aromatic carbocycles. The maximum atomic E-state index is 2.49. The van der Waals surface area contributed by atoms with Gasteiger partial charge in [0.2, 0.25) is 0 Å². The van der Waals surface area contributed by atoms with Crippen LogP contribution >= 0.6 is 45.3 Å². The Morgan fingerprint density at radius 3 is 0.623 bits per heavy atom. The Morgan fingerprint density at radius 2 is 0.390 bits per heavy atom. The zero-order chi connectivity index (χ0) is 50.6. The SMILES string of the molecule is c1ccc2c(c1)sc1c(-c3cc[c]([Ge]([c]4ccc(-c5cccc6c5sc5ccccc56)cc4)([c]4ccc(-c5cccc6c5sc5ccccc56)cc4)[c]4ccc(-c5cccc6c5sc5ccccc56)cc4)cc3)cccc12. The van der Waals surface area contributed by atoms with E-state index in [0.717, 1.165) is 0 Å². The minimum atomic E-state index is -3.94. The number of hydrogen-bond donors (Lipinski definition) is 0. The van der Waals surface area contributed by atoms with E-state index in [-0.39, 0.29) is 0 Å². The molecule has 0 saturated heterocycles. The van der Waals surface area contributed by atoms with E-state index in [1.165, 1.54) is 143 Å². The number of hydrogen-bond acceptors (Lipinski definition) is 4. The van der Waals surface area contributed by atoms with Gasteiger partial charge >= 0.3 is 468 Å². The molecule has 0 amide bonds. The van der Waals surface area contributed by atoms with Crippen LogP contribution < -0.4 is 17.6 Å². The van der Waals surface area contributed by atoms with Gasteiger partial charge in [0, 0.05) is 0 Å². The molecule has 0 radical (unpaired) electrons. The summed E-state index contributed by atoms with van der Waals surface area (Å²) in [5.41, 5.74) is 10.1. The van der Waals surface area contributed by atoms with Crippen molar-refractivity contribution in [1.29, 1.82) is 0 Å². The van der Waals surface area contributed by atoms with E-state index < -0.39 is 13.3 Å². The minimum absolute atomic E-state index is 1.24. The predicted molar refractivity (Wildman–Crippen MR) is 343 cm³/mol. The summed E-state index contributed by atoms with van der Waals surface area (Å²) >= 11 is 3.66. The van der Waals surface area contributed by atoms with Crippen LogP contribution in [0.1, 0.15) is 0 Å². The average Bonchev–Trinajstić information content (AvgIpc) is 4.30. The first kappa shape index (κ1) is 45.3. The third-order valence-electron chi connectivity index (χ3n) is 16.1. The standard InChI is InChI=1S/C72H44GeS4/c1-5-25-65-57(13-1)61-21-9-17-53(69(61)74-65)45-29-37-49(38-30-45)73(50-39-31-46(32-40-50)54-18-10-22-62-58-14-2-6-26-66(58)75-70(54)62,51-41-33-47(34-42-51)55-19-11-23-63-59-15-3-7-27-67(59)76-71(55)63)52-43-35-48(36-44-52)56-20-12-24-64-60-16-4-8-28-68(60)77-72(56)64/h1-44H. The third-order valence-corrected chi connectivity index (χ3v) is 31.1. The fourth-order valence-corrected chi connectivity index (χ4v) is 27.2. The monoisotopic (exact) mass is 1110 g/mol. The molecule has 4 heterocycles. The Labute approximate surface area is 464 Å². The molecule has 0 nitrogen and oxygen atoms in total. The van der Waals surface area contributed by atoms with Crippen molar-refractivity contribution in [2.45, 2.75) is 0 Å². The first-order valence-electron chi connectivity index (χ1n) is 26.2. The number of benzene rings is 12. The Kier molecular flexibility index (Phi) is 10.6. The Hall–Kier alpha value is -7.94. The summed E-state index contributed by atoms with van der Waals surface area (Å²) in [5, 5.41) is 10.6. The quantitative estimate of drug-likeness (QED) is 0.133. The van der Waals surface area contributed by atoms with Crippen LogP contribution in [-0.2, 0) is 0 Å². The first-order chi connectivity index (χ1) is 38.2. The van der Waals surface area contributed by atoms with E-state index in [4.69, 9.17) is 0 Å². The van der Waals surface area contributed by atoms with E-state index in [1.807, 2.05) is 45.3 Å². The van der Waals surface area contributed by atoms with Crippen molar-refractivity contribution in [2.75, 3.05) is 0 Å².